The van der Waals surface area contributed by atoms with E-state index in [4.69, 9.17) is 21.3 Å². The number of piperazine rings is 1. The number of nitrogens with one attached hydrogen (secondary N) is 3. The Morgan fingerprint density at radius 2 is 1.77 bits per heavy atom. The SMILES string of the molecule is CCc1cc(Nc2ncc(Cl)c(Nc3ccc(-c4cn[nH]c4)cc3P(C)(C)=O)n2)c(OC)cc1N1CCC(N2CCN(C)CC2)CC1. The lowest BCUT2D eigenvalue weighted by Gasteiger charge is -2.43. The average Bonchev–Trinajstić information content (AvgIpc) is 3.61. The summed E-state index contributed by atoms with van der Waals surface area (Å²) in [4.78, 5) is 16.8. The fraction of sp³-hybridized carbons (Fsp3) is 0.441. The molecule has 2 saturated heterocycles. The molecule has 0 radical (unpaired) electrons. The zero-order valence-corrected chi connectivity index (χ0v) is 29.5. The Kier molecular flexibility index (Phi) is 10.1. The molecule has 0 aliphatic carbocycles. The van der Waals surface area contributed by atoms with Crippen LogP contribution in [0.4, 0.5) is 28.8 Å². The van der Waals surface area contributed by atoms with Crippen LogP contribution in [0.2, 0.25) is 5.02 Å². The fourth-order valence-corrected chi connectivity index (χ4v) is 7.85. The average molecular weight is 678 g/mol. The minimum atomic E-state index is -2.67. The standard InChI is InChI=1S/C34H45ClN9O2P/c1-6-23-17-29(31(46-3)19-30(23)44-11-9-26(10-12-44)43-15-13-42(2)14-16-43)40-34-36-22-27(35)33(41-34)39-28-8-7-24(25-20-37-38-21-25)18-32(28)47(4,5)45/h7-8,17-22,26H,6,9-16H2,1-5H3,(H,37,38)(H2,36,39,40,41). The van der Waals surface area contributed by atoms with Gasteiger partial charge in [0, 0.05) is 74.1 Å². The molecule has 2 aliphatic heterocycles. The summed E-state index contributed by atoms with van der Waals surface area (Å²) < 4.78 is 19.2. The Morgan fingerprint density at radius 3 is 2.43 bits per heavy atom. The smallest absolute Gasteiger partial charge is 0.229 e. The molecule has 2 aromatic carbocycles. The number of ether oxygens (including phenoxy) is 1. The Bertz CT molecular complexity index is 1730. The van der Waals surface area contributed by atoms with Crippen LogP contribution in [0.5, 0.6) is 5.75 Å². The number of halogens is 1. The number of aromatic nitrogens is 4. The Morgan fingerprint density at radius 1 is 1.00 bits per heavy atom. The van der Waals surface area contributed by atoms with Crippen LogP contribution in [0.1, 0.15) is 25.3 Å². The van der Waals surface area contributed by atoms with Crippen molar-refractivity contribution in [1.29, 1.82) is 0 Å². The molecule has 4 heterocycles. The van der Waals surface area contributed by atoms with E-state index in [1.165, 1.54) is 24.1 Å². The molecule has 47 heavy (non-hydrogen) atoms. The van der Waals surface area contributed by atoms with Gasteiger partial charge < -0.3 is 29.7 Å². The number of H-pyrrole nitrogens is 1. The highest BCUT2D eigenvalue weighted by Crippen LogP contribution is 2.41. The molecule has 13 heteroatoms. The van der Waals surface area contributed by atoms with Gasteiger partial charge in [-0.15, -0.1) is 0 Å². The zero-order chi connectivity index (χ0) is 33.1. The second-order valence-electron chi connectivity index (χ2n) is 12.8. The number of hydrogen-bond acceptors (Lipinski definition) is 10. The third-order valence-electron chi connectivity index (χ3n) is 9.29. The summed E-state index contributed by atoms with van der Waals surface area (Å²) in [7, 11) is 1.23. The lowest BCUT2D eigenvalue weighted by Crippen LogP contribution is -2.52. The van der Waals surface area contributed by atoms with E-state index in [-0.39, 0.29) is 0 Å². The molecule has 2 aromatic heterocycles. The maximum absolute atomic E-state index is 13.4. The van der Waals surface area contributed by atoms with E-state index in [2.05, 4.69) is 66.6 Å². The molecule has 0 atom stereocenters. The first kappa shape index (κ1) is 33.3. The molecule has 11 nitrogen and oxygen atoms in total. The third kappa shape index (κ3) is 7.59. The van der Waals surface area contributed by atoms with Gasteiger partial charge in [-0.1, -0.05) is 24.6 Å². The molecule has 4 aromatic rings. The number of nitrogens with zero attached hydrogens (tertiary/aromatic N) is 6. The molecule has 0 bridgehead atoms. The first-order chi connectivity index (χ1) is 22.6. The van der Waals surface area contributed by atoms with Crippen molar-refractivity contribution in [3.05, 3.63) is 59.5 Å². The second-order valence-corrected chi connectivity index (χ2v) is 16.4. The van der Waals surface area contributed by atoms with Gasteiger partial charge in [0.25, 0.3) is 0 Å². The lowest BCUT2D eigenvalue weighted by atomic mass is 9.99. The summed E-state index contributed by atoms with van der Waals surface area (Å²) in [6.07, 6.45) is 8.33. The van der Waals surface area contributed by atoms with E-state index in [9.17, 15) is 4.57 Å². The van der Waals surface area contributed by atoms with Crippen LogP contribution in [0, 0.1) is 0 Å². The van der Waals surface area contributed by atoms with Gasteiger partial charge in [0.2, 0.25) is 5.95 Å². The number of rotatable bonds is 10. The van der Waals surface area contributed by atoms with Crippen LogP contribution in [-0.4, -0.2) is 103 Å². The van der Waals surface area contributed by atoms with Gasteiger partial charge in [-0.25, -0.2) is 4.98 Å². The number of methoxy groups -OCH3 is 1. The van der Waals surface area contributed by atoms with Crippen molar-refractivity contribution in [2.75, 3.05) is 82.3 Å². The van der Waals surface area contributed by atoms with Crippen molar-refractivity contribution in [3.8, 4) is 16.9 Å². The summed E-state index contributed by atoms with van der Waals surface area (Å²) >= 11 is 6.58. The number of piperidine rings is 1. The number of aromatic amines is 1. The number of hydrogen-bond donors (Lipinski definition) is 3. The second kappa shape index (κ2) is 14.2. The van der Waals surface area contributed by atoms with Crippen LogP contribution < -0.4 is 25.6 Å². The van der Waals surface area contributed by atoms with Crippen molar-refractivity contribution in [2.45, 2.75) is 32.2 Å². The molecular formula is C34H45ClN9O2P. The molecule has 3 N–H and O–H groups in total. The highest BCUT2D eigenvalue weighted by molar-refractivity contribution is 7.70. The van der Waals surface area contributed by atoms with Crippen molar-refractivity contribution in [3.63, 3.8) is 0 Å². The summed E-state index contributed by atoms with van der Waals surface area (Å²) in [6, 6.07) is 10.7. The van der Waals surface area contributed by atoms with Crippen molar-refractivity contribution in [1.82, 2.24) is 30.0 Å². The van der Waals surface area contributed by atoms with Gasteiger partial charge in [-0.2, -0.15) is 10.1 Å². The van der Waals surface area contributed by atoms with Crippen molar-refractivity contribution >= 4 is 52.9 Å². The number of likely N-dealkylation sites (N-methyl/N-ethyl adjacent to an activating group) is 1. The molecular weight excluding hydrogens is 633 g/mol. The summed E-state index contributed by atoms with van der Waals surface area (Å²) in [5.74, 6) is 1.50. The Balaban J connectivity index is 1.21. The highest BCUT2D eigenvalue weighted by atomic mass is 35.5. The van der Waals surface area contributed by atoms with Gasteiger partial charge in [0.1, 0.15) is 17.9 Å². The van der Waals surface area contributed by atoms with E-state index in [1.807, 2.05) is 24.4 Å². The molecule has 0 spiro atoms. The van der Waals surface area contributed by atoms with Crippen LogP contribution >= 0.6 is 18.7 Å². The van der Waals surface area contributed by atoms with Crippen LogP contribution in [0.25, 0.3) is 11.1 Å². The number of aryl methyl sites for hydroxylation is 1. The predicted octanol–water partition coefficient (Wildman–Crippen LogP) is 6.04. The molecule has 0 amide bonds. The quantitative estimate of drug-likeness (QED) is 0.172. The van der Waals surface area contributed by atoms with Crippen LogP contribution in [-0.2, 0) is 11.0 Å². The fourth-order valence-electron chi connectivity index (χ4n) is 6.55. The van der Waals surface area contributed by atoms with E-state index in [0.717, 1.165) is 68.3 Å². The molecule has 2 fully saturated rings. The topological polar surface area (TPSA) is 115 Å². The minimum Gasteiger partial charge on any atom is -0.494 e. The Hall–Kier alpha value is -3.63. The largest absolute Gasteiger partial charge is 0.494 e. The Labute approximate surface area is 282 Å². The number of anilines is 5. The molecule has 2 aliphatic rings. The van der Waals surface area contributed by atoms with E-state index in [0.29, 0.717) is 33.8 Å². The summed E-state index contributed by atoms with van der Waals surface area (Å²) in [5.41, 5.74) is 5.75. The normalized spacial score (nSPS) is 16.8. The van der Waals surface area contributed by atoms with Gasteiger partial charge >= 0.3 is 0 Å². The van der Waals surface area contributed by atoms with E-state index >= 15 is 0 Å². The summed E-state index contributed by atoms with van der Waals surface area (Å²) in [6.45, 7) is 12.4. The van der Waals surface area contributed by atoms with E-state index in [1.54, 1.807) is 32.8 Å². The van der Waals surface area contributed by atoms with Gasteiger partial charge in [-0.3, -0.25) is 10.00 Å². The first-order valence-corrected chi connectivity index (χ1v) is 19.2. The van der Waals surface area contributed by atoms with Crippen molar-refractivity contribution in [2.24, 2.45) is 0 Å². The van der Waals surface area contributed by atoms with E-state index < -0.39 is 7.14 Å². The van der Waals surface area contributed by atoms with Crippen LogP contribution in [0.15, 0.2) is 48.9 Å². The molecule has 0 unspecified atom stereocenters. The molecule has 6 rings (SSSR count). The lowest BCUT2D eigenvalue weighted by molar-refractivity contribution is 0.0982. The molecule has 0 saturated carbocycles. The monoisotopic (exact) mass is 677 g/mol. The summed E-state index contributed by atoms with van der Waals surface area (Å²) in [5, 5.41) is 14.6. The third-order valence-corrected chi connectivity index (χ3v) is 11.1. The maximum Gasteiger partial charge on any atom is 0.229 e. The predicted molar refractivity (Wildman–Crippen MR) is 193 cm³/mol. The van der Waals surface area contributed by atoms with Crippen LogP contribution in [0.3, 0.4) is 0 Å². The van der Waals surface area contributed by atoms with Gasteiger partial charge in [0.15, 0.2) is 5.82 Å². The first-order valence-electron chi connectivity index (χ1n) is 16.3. The highest BCUT2D eigenvalue weighted by Gasteiger charge is 2.28. The van der Waals surface area contributed by atoms with Gasteiger partial charge in [-0.05, 0) is 69.0 Å². The zero-order valence-electron chi connectivity index (χ0n) is 27.9. The maximum atomic E-state index is 13.4. The minimum absolute atomic E-state index is 0.346. The van der Waals surface area contributed by atoms with Gasteiger partial charge in [0.05, 0.1) is 30.9 Å². The van der Waals surface area contributed by atoms with Crippen molar-refractivity contribution < 1.29 is 9.30 Å². The number of benzene rings is 2. The molecule has 250 valence electrons.